The number of hydrogen-bond donors (Lipinski definition) is 1. The highest BCUT2D eigenvalue weighted by molar-refractivity contribution is 7.93. The maximum atomic E-state index is 13.1. The summed E-state index contributed by atoms with van der Waals surface area (Å²) in [6, 6.07) is 12.5. The number of benzene rings is 2. The van der Waals surface area contributed by atoms with E-state index in [4.69, 9.17) is 11.6 Å². The lowest BCUT2D eigenvalue weighted by Crippen LogP contribution is -2.43. The minimum Gasteiger partial charge on any atom is -0.369 e. The van der Waals surface area contributed by atoms with Gasteiger partial charge in [0.15, 0.2) is 0 Å². The Kier molecular flexibility index (Phi) is 4.35. The van der Waals surface area contributed by atoms with Crippen molar-refractivity contribution in [2.24, 2.45) is 0 Å². The maximum absolute atomic E-state index is 13.1. The van der Waals surface area contributed by atoms with Gasteiger partial charge in [-0.3, -0.25) is 4.31 Å². The number of piperazine rings is 1. The van der Waals surface area contributed by atoms with E-state index in [2.05, 4.69) is 16.3 Å². The fraction of sp³-hybridized carbons (Fsp3) is 0.333. The number of halogens is 1. The van der Waals surface area contributed by atoms with Crippen molar-refractivity contribution in [3.05, 3.63) is 53.1 Å². The molecule has 2 aliphatic heterocycles. The van der Waals surface area contributed by atoms with E-state index in [0.29, 0.717) is 6.54 Å². The van der Waals surface area contributed by atoms with Gasteiger partial charge >= 0.3 is 0 Å². The van der Waals surface area contributed by atoms with E-state index in [-0.39, 0.29) is 9.92 Å². The summed E-state index contributed by atoms with van der Waals surface area (Å²) in [6.07, 6.45) is 0.721. The van der Waals surface area contributed by atoms with Crippen molar-refractivity contribution < 1.29 is 8.42 Å². The monoisotopic (exact) mass is 377 g/mol. The van der Waals surface area contributed by atoms with Crippen molar-refractivity contribution >= 4 is 33.0 Å². The lowest BCUT2D eigenvalue weighted by molar-refractivity contribution is 0.588. The normalized spacial score (nSPS) is 17.6. The molecule has 4 rings (SSSR count). The average Bonchev–Trinajstić information content (AvgIpc) is 3.07. The molecular weight excluding hydrogens is 358 g/mol. The highest BCUT2D eigenvalue weighted by atomic mass is 35.5. The molecule has 132 valence electrons. The van der Waals surface area contributed by atoms with Crippen LogP contribution in [0.1, 0.15) is 5.56 Å². The Balaban J connectivity index is 1.74. The highest BCUT2D eigenvalue weighted by Gasteiger charge is 2.34. The first-order valence-electron chi connectivity index (χ1n) is 8.44. The van der Waals surface area contributed by atoms with E-state index in [1.165, 1.54) is 4.31 Å². The van der Waals surface area contributed by atoms with Gasteiger partial charge in [0.25, 0.3) is 10.0 Å². The van der Waals surface area contributed by atoms with Crippen LogP contribution in [0, 0.1) is 0 Å². The van der Waals surface area contributed by atoms with E-state index >= 15 is 0 Å². The van der Waals surface area contributed by atoms with E-state index in [1.807, 2.05) is 12.1 Å². The smallest absolute Gasteiger partial charge is 0.265 e. The van der Waals surface area contributed by atoms with Crippen LogP contribution >= 0.6 is 11.6 Å². The molecule has 25 heavy (non-hydrogen) atoms. The summed E-state index contributed by atoms with van der Waals surface area (Å²) < 4.78 is 27.7. The van der Waals surface area contributed by atoms with Gasteiger partial charge in [0.2, 0.25) is 0 Å². The van der Waals surface area contributed by atoms with Crippen LogP contribution in [0.3, 0.4) is 0 Å². The number of nitrogens with one attached hydrogen (secondary N) is 1. The third-order valence-electron chi connectivity index (χ3n) is 4.82. The molecule has 0 spiro atoms. The van der Waals surface area contributed by atoms with Gasteiger partial charge in [0.05, 0.1) is 10.7 Å². The fourth-order valence-electron chi connectivity index (χ4n) is 3.61. The molecule has 1 N–H and O–H groups in total. The number of nitrogens with zero attached hydrogens (tertiary/aromatic N) is 2. The maximum Gasteiger partial charge on any atom is 0.265 e. The zero-order valence-corrected chi connectivity index (χ0v) is 15.4. The third-order valence-corrected chi connectivity index (χ3v) is 7.14. The summed E-state index contributed by atoms with van der Waals surface area (Å²) in [6.45, 7) is 4.23. The molecule has 0 bridgehead atoms. The first-order chi connectivity index (χ1) is 12.1. The summed E-state index contributed by atoms with van der Waals surface area (Å²) >= 11 is 6.15. The lowest BCUT2D eigenvalue weighted by Gasteiger charge is -2.31. The van der Waals surface area contributed by atoms with Gasteiger partial charge in [-0.05, 0) is 30.7 Å². The van der Waals surface area contributed by atoms with Crippen LogP contribution in [0.2, 0.25) is 5.02 Å². The number of anilines is 2. The molecule has 2 aromatic rings. The van der Waals surface area contributed by atoms with E-state index < -0.39 is 10.0 Å². The van der Waals surface area contributed by atoms with E-state index in [9.17, 15) is 8.42 Å². The van der Waals surface area contributed by atoms with Crippen LogP contribution in [-0.2, 0) is 16.4 Å². The summed E-state index contributed by atoms with van der Waals surface area (Å²) in [5, 5.41) is 3.61. The van der Waals surface area contributed by atoms with Gasteiger partial charge in [-0.1, -0.05) is 29.8 Å². The Morgan fingerprint density at radius 3 is 2.40 bits per heavy atom. The van der Waals surface area contributed by atoms with Crippen molar-refractivity contribution in [1.29, 1.82) is 0 Å². The molecule has 1 saturated heterocycles. The fourth-order valence-corrected chi connectivity index (χ4v) is 5.60. The zero-order chi connectivity index (χ0) is 17.4. The molecule has 7 heteroatoms. The Morgan fingerprint density at radius 2 is 1.64 bits per heavy atom. The first kappa shape index (κ1) is 16.7. The molecule has 2 aromatic carbocycles. The van der Waals surface area contributed by atoms with Crippen LogP contribution in [-0.4, -0.2) is 41.1 Å². The van der Waals surface area contributed by atoms with E-state index in [0.717, 1.165) is 49.5 Å². The molecule has 0 amide bonds. The molecule has 0 radical (unpaired) electrons. The van der Waals surface area contributed by atoms with Crippen LogP contribution in [0.4, 0.5) is 11.4 Å². The average molecular weight is 378 g/mol. The second-order valence-corrected chi connectivity index (χ2v) is 8.51. The van der Waals surface area contributed by atoms with Gasteiger partial charge in [-0.25, -0.2) is 8.42 Å². The van der Waals surface area contributed by atoms with Crippen molar-refractivity contribution in [3.8, 4) is 0 Å². The molecule has 0 saturated carbocycles. The van der Waals surface area contributed by atoms with Gasteiger partial charge in [0, 0.05) is 44.0 Å². The van der Waals surface area contributed by atoms with Gasteiger partial charge in [0.1, 0.15) is 4.90 Å². The zero-order valence-electron chi connectivity index (χ0n) is 13.8. The van der Waals surface area contributed by atoms with Crippen LogP contribution < -0.4 is 14.5 Å². The molecule has 0 unspecified atom stereocenters. The lowest BCUT2D eigenvalue weighted by atomic mass is 10.1. The predicted octanol–water partition coefficient (Wildman–Crippen LogP) is 2.50. The minimum absolute atomic E-state index is 0.164. The molecule has 0 atom stereocenters. The molecule has 5 nitrogen and oxygen atoms in total. The SMILES string of the molecule is O=S(=O)(c1ccccc1Cl)N1CCc2c(N3CCNCC3)cccc21. The van der Waals surface area contributed by atoms with Crippen LogP contribution in [0.5, 0.6) is 0 Å². The van der Waals surface area contributed by atoms with Crippen molar-refractivity contribution in [3.63, 3.8) is 0 Å². The van der Waals surface area contributed by atoms with Crippen molar-refractivity contribution in [1.82, 2.24) is 5.32 Å². The Bertz CT molecular complexity index is 895. The Morgan fingerprint density at radius 1 is 0.920 bits per heavy atom. The molecular formula is C18H20ClN3O2S. The molecule has 0 aliphatic carbocycles. The third kappa shape index (κ3) is 2.88. The summed E-state index contributed by atoms with van der Waals surface area (Å²) in [5.41, 5.74) is 3.03. The van der Waals surface area contributed by atoms with E-state index in [1.54, 1.807) is 24.3 Å². The Hall–Kier alpha value is -1.76. The quantitative estimate of drug-likeness (QED) is 0.893. The molecule has 2 aliphatic rings. The second kappa shape index (κ2) is 6.52. The van der Waals surface area contributed by atoms with Crippen LogP contribution in [0.25, 0.3) is 0 Å². The topological polar surface area (TPSA) is 52.7 Å². The summed E-state index contributed by atoms with van der Waals surface area (Å²) in [7, 11) is -3.66. The second-order valence-electron chi connectivity index (χ2n) is 6.27. The largest absolute Gasteiger partial charge is 0.369 e. The van der Waals surface area contributed by atoms with Crippen molar-refractivity contribution in [2.75, 3.05) is 41.9 Å². The number of rotatable bonds is 3. The number of sulfonamides is 1. The Labute approximate surface area is 153 Å². The summed E-state index contributed by atoms with van der Waals surface area (Å²) in [4.78, 5) is 2.50. The van der Waals surface area contributed by atoms with Gasteiger partial charge in [-0.15, -0.1) is 0 Å². The summed E-state index contributed by atoms with van der Waals surface area (Å²) in [5.74, 6) is 0. The predicted molar refractivity (Wildman–Crippen MR) is 101 cm³/mol. The standard InChI is InChI=1S/C18H20ClN3O2S/c19-15-4-1-2-7-18(15)25(23,24)22-11-8-14-16(5-3-6-17(14)22)21-12-9-20-10-13-21/h1-7,20H,8-13H2. The molecule has 2 heterocycles. The molecule has 1 fully saturated rings. The first-order valence-corrected chi connectivity index (χ1v) is 10.3. The minimum atomic E-state index is -3.66. The highest BCUT2D eigenvalue weighted by Crippen LogP contribution is 2.39. The van der Waals surface area contributed by atoms with Gasteiger partial charge in [-0.2, -0.15) is 0 Å². The van der Waals surface area contributed by atoms with Gasteiger partial charge < -0.3 is 10.2 Å². The van der Waals surface area contributed by atoms with Crippen molar-refractivity contribution in [2.45, 2.75) is 11.3 Å². The number of hydrogen-bond acceptors (Lipinski definition) is 4. The molecule has 0 aromatic heterocycles. The number of fused-ring (bicyclic) bond motifs is 1. The van der Waals surface area contributed by atoms with Crippen LogP contribution in [0.15, 0.2) is 47.4 Å².